The average Bonchev–Trinajstić information content (AvgIpc) is 3.91. The van der Waals surface area contributed by atoms with E-state index < -0.39 is 0 Å². The predicted molar refractivity (Wildman–Crippen MR) is 264 cm³/mol. The second kappa shape index (κ2) is 15.3. The number of nitrogens with zero attached hydrogens (tertiary/aromatic N) is 2. The van der Waals surface area contributed by atoms with Crippen molar-refractivity contribution in [1.82, 2.24) is 4.57 Å². The minimum atomic E-state index is 0.891. The van der Waals surface area contributed by atoms with Gasteiger partial charge >= 0.3 is 0 Å². The minimum absolute atomic E-state index is 0.891. The van der Waals surface area contributed by atoms with Gasteiger partial charge in [0, 0.05) is 38.5 Å². The second-order valence-electron chi connectivity index (χ2n) is 16.0. The number of hydrogen-bond donors (Lipinski definition) is 0. The summed E-state index contributed by atoms with van der Waals surface area (Å²) in [7, 11) is 0. The normalized spacial score (nSPS) is 11.5. The van der Waals surface area contributed by atoms with Crippen LogP contribution in [-0.2, 0) is 0 Å². The summed E-state index contributed by atoms with van der Waals surface area (Å²) in [5.74, 6) is 0. The van der Waals surface area contributed by atoms with Crippen LogP contribution in [0.3, 0.4) is 0 Å². The molecule has 296 valence electrons. The Morgan fingerprint density at radius 1 is 0.317 bits per heavy atom. The topological polar surface area (TPSA) is 21.3 Å². The van der Waals surface area contributed by atoms with Crippen LogP contribution in [0.2, 0.25) is 0 Å². The van der Waals surface area contributed by atoms with Gasteiger partial charge in [-0.3, -0.25) is 0 Å². The van der Waals surface area contributed by atoms with Gasteiger partial charge < -0.3 is 13.9 Å². The number of para-hydroxylation sites is 4. The molecule has 0 fully saturated rings. The molecular weight excluding hydrogens is 765 g/mol. The molecule has 0 spiro atoms. The molecule has 3 nitrogen and oxygen atoms in total. The largest absolute Gasteiger partial charge is 0.456 e. The Balaban J connectivity index is 1.08. The maximum Gasteiger partial charge on any atom is 0.136 e. The van der Waals surface area contributed by atoms with Gasteiger partial charge in [-0.1, -0.05) is 176 Å². The van der Waals surface area contributed by atoms with Crippen molar-refractivity contribution in [3.8, 4) is 50.2 Å². The van der Waals surface area contributed by atoms with Crippen LogP contribution in [0.4, 0.5) is 17.1 Å². The van der Waals surface area contributed by atoms with Crippen LogP contribution in [0.15, 0.2) is 247 Å². The zero-order valence-corrected chi connectivity index (χ0v) is 34.4. The molecule has 0 N–H and O–H groups in total. The summed E-state index contributed by atoms with van der Waals surface area (Å²) >= 11 is 0. The molecule has 0 radical (unpaired) electrons. The molecule has 0 bridgehead atoms. The van der Waals surface area contributed by atoms with E-state index in [0.29, 0.717) is 0 Å². The third-order valence-electron chi connectivity index (χ3n) is 12.4. The van der Waals surface area contributed by atoms with Crippen molar-refractivity contribution in [2.75, 3.05) is 4.90 Å². The standard InChI is InChI=1S/C60H40N2O/c1-3-18-42(19-4-1)46-22-7-8-23-47(46)48-24-9-10-25-49(48)50-26-11-14-29-54(50)62(45-37-34-41(35-38-45)43-36-39-52-51-27-13-16-33-58(51)63-59(52)40-43)57-32-17-31-56-60(57)53-28-12-15-30-55(53)61(56)44-20-5-2-6-21-44/h1-40H. The molecule has 0 aliphatic heterocycles. The van der Waals surface area contributed by atoms with Gasteiger partial charge in [0.05, 0.1) is 22.4 Å². The van der Waals surface area contributed by atoms with Crippen LogP contribution >= 0.6 is 0 Å². The first-order valence-corrected chi connectivity index (χ1v) is 21.5. The Bertz CT molecular complexity index is 3620. The highest BCUT2D eigenvalue weighted by atomic mass is 16.3. The molecule has 2 heterocycles. The van der Waals surface area contributed by atoms with Gasteiger partial charge in [-0.2, -0.15) is 0 Å². The van der Waals surface area contributed by atoms with E-state index in [1.165, 1.54) is 38.5 Å². The van der Waals surface area contributed by atoms with E-state index in [0.717, 1.165) is 72.5 Å². The van der Waals surface area contributed by atoms with Crippen LogP contribution in [0.25, 0.3) is 93.9 Å². The maximum atomic E-state index is 6.32. The number of aromatic nitrogens is 1. The zero-order valence-electron chi connectivity index (χ0n) is 34.4. The zero-order chi connectivity index (χ0) is 41.7. The van der Waals surface area contributed by atoms with Crippen molar-refractivity contribution in [3.05, 3.63) is 243 Å². The fourth-order valence-corrected chi connectivity index (χ4v) is 9.59. The van der Waals surface area contributed by atoms with E-state index in [9.17, 15) is 0 Å². The Morgan fingerprint density at radius 3 is 1.63 bits per heavy atom. The van der Waals surface area contributed by atoms with E-state index in [4.69, 9.17) is 4.42 Å². The summed E-state index contributed by atoms with van der Waals surface area (Å²) in [5, 5.41) is 4.65. The summed E-state index contributed by atoms with van der Waals surface area (Å²) in [6.45, 7) is 0. The number of hydrogen-bond acceptors (Lipinski definition) is 2. The summed E-state index contributed by atoms with van der Waals surface area (Å²) in [6, 6.07) is 87.2. The van der Waals surface area contributed by atoms with Gasteiger partial charge in [-0.25, -0.2) is 0 Å². The van der Waals surface area contributed by atoms with Crippen molar-refractivity contribution >= 4 is 60.8 Å². The number of fused-ring (bicyclic) bond motifs is 6. The molecule has 3 heteroatoms. The Hall–Kier alpha value is -8.40. The van der Waals surface area contributed by atoms with Crippen LogP contribution in [-0.4, -0.2) is 4.57 Å². The number of benzene rings is 10. The smallest absolute Gasteiger partial charge is 0.136 e. The lowest BCUT2D eigenvalue weighted by molar-refractivity contribution is 0.669. The highest BCUT2D eigenvalue weighted by Gasteiger charge is 2.24. The quantitative estimate of drug-likeness (QED) is 0.153. The molecule has 63 heavy (non-hydrogen) atoms. The summed E-state index contributed by atoms with van der Waals surface area (Å²) in [5.41, 5.74) is 17.8. The summed E-state index contributed by atoms with van der Waals surface area (Å²) < 4.78 is 8.72. The predicted octanol–water partition coefficient (Wildman–Crippen LogP) is 16.8. The van der Waals surface area contributed by atoms with E-state index in [1.54, 1.807) is 0 Å². The van der Waals surface area contributed by atoms with E-state index in [2.05, 4.69) is 240 Å². The van der Waals surface area contributed by atoms with Crippen molar-refractivity contribution in [2.24, 2.45) is 0 Å². The Kier molecular flexibility index (Phi) is 8.83. The lowest BCUT2D eigenvalue weighted by Crippen LogP contribution is -2.12. The summed E-state index contributed by atoms with van der Waals surface area (Å²) in [6.07, 6.45) is 0. The fraction of sp³-hybridized carbons (Fsp3) is 0. The first kappa shape index (κ1) is 36.5. The van der Waals surface area contributed by atoms with Gasteiger partial charge in [0.2, 0.25) is 0 Å². The first-order chi connectivity index (χ1) is 31.3. The molecular formula is C60H40N2O. The first-order valence-electron chi connectivity index (χ1n) is 21.5. The molecule has 0 aliphatic carbocycles. The molecule has 0 amide bonds. The van der Waals surface area contributed by atoms with Crippen LogP contribution in [0.1, 0.15) is 0 Å². The number of rotatable bonds is 8. The van der Waals surface area contributed by atoms with Crippen molar-refractivity contribution in [2.45, 2.75) is 0 Å². The molecule has 0 unspecified atom stereocenters. The maximum absolute atomic E-state index is 6.32. The Labute approximate surface area is 366 Å². The monoisotopic (exact) mass is 804 g/mol. The lowest BCUT2D eigenvalue weighted by Gasteiger charge is -2.29. The number of furan rings is 1. The van der Waals surface area contributed by atoms with Gasteiger partial charge in [-0.15, -0.1) is 0 Å². The minimum Gasteiger partial charge on any atom is -0.456 e. The molecule has 2 aromatic heterocycles. The van der Waals surface area contributed by atoms with Crippen LogP contribution in [0, 0.1) is 0 Å². The number of anilines is 3. The molecule has 0 aliphatic rings. The molecule has 12 aromatic rings. The van der Waals surface area contributed by atoms with E-state index >= 15 is 0 Å². The molecule has 0 saturated carbocycles. The molecule has 0 saturated heterocycles. The SMILES string of the molecule is c1ccc(-c2ccccc2-c2ccccc2-c2ccccc2N(c2ccc(-c3ccc4c(c3)oc3ccccc34)cc2)c2cccc3c2c2ccccc2n3-c2ccccc2)cc1. The Morgan fingerprint density at radius 2 is 0.857 bits per heavy atom. The van der Waals surface area contributed by atoms with E-state index in [1.807, 2.05) is 12.1 Å². The van der Waals surface area contributed by atoms with Crippen LogP contribution in [0.5, 0.6) is 0 Å². The van der Waals surface area contributed by atoms with Crippen molar-refractivity contribution in [3.63, 3.8) is 0 Å². The van der Waals surface area contributed by atoms with Crippen LogP contribution < -0.4 is 4.90 Å². The van der Waals surface area contributed by atoms with Gasteiger partial charge in [0.15, 0.2) is 0 Å². The molecule has 10 aromatic carbocycles. The van der Waals surface area contributed by atoms with Crippen molar-refractivity contribution in [1.29, 1.82) is 0 Å². The highest BCUT2D eigenvalue weighted by molar-refractivity contribution is 6.17. The third kappa shape index (κ3) is 6.21. The van der Waals surface area contributed by atoms with Crippen molar-refractivity contribution < 1.29 is 4.42 Å². The third-order valence-corrected chi connectivity index (χ3v) is 12.4. The second-order valence-corrected chi connectivity index (χ2v) is 16.0. The van der Waals surface area contributed by atoms with E-state index in [-0.39, 0.29) is 0 Å². The highest BCUT2D eigenvalue weighted by Crippen LogP contribution is 2.49. The fourth-order valence-electron chi connectivity index (χ4n) is 9.59. The molecule has 12 rings (SSSR count). The van der Waals surface area contributed by atoms with Gasteiger partial charge in [-0.05, 0) is 106 Å². The molecule has 0 atom stereocenters. The van der Waals surface area contributed by atoms with Gasteiger partial charge in [0.1, 0.15) is 11.2 Å². The summed E-state index contributed by atoms with van der Waals surface area (Å²) in [4.78, 5) is 2.46. The lowest BCUT2D eigenvalue weighted by atomic mass is 9.88. The van der Waals surface area contributed by atoms with Gasteiger partial charge in [0.25, 0.3) is 0 Å². The average molecular weight is 805 g/mol.